The van der Waals surface area contributed by atoms with Crippen molar-refractivity contribution in [2.45, 2.75) is 10.3 Å². The molecule has 1 aliphatic heterocycles. The number of nitrogens with zero attached hydrogens (tertiary/aromatic N) is 2. The number of amides is 1. The first-order valence-electron chi connectivity index (χ1n) is 5.93. The largest absolute Gasteiger partial charge is 0.379 e. The van der Waals surface area contributed by atoms with Crippen molar-refractivity contribution in [3.8, 4) is 0 Å². The Bertz CT molecular complexity index is 382. The lowest BCUT2D eigenvalue weighted by Crippen LogP contribution is -2.43. The second-order valence-electron chi connectivity index (χ2n) is 4.09. The lowest BCUT2D eigenvalue weighted by atomic mass is 10.3. The first-order valence-corrected chi connectivity index (χ1v) is 6.81. The van der Waals surface area contributed by atoms with Crippen LogP contribution in [0.5, 0.6) is 0 Å². The SMILES string of the molecule is NC(=O)C(CN1CCOCC1)Sc1ccccn1. The molecule has 1 atom stereocenters. The van der Waals surface area contributed by atoms with Gasteiger partial charge in [0.2, 0.25) is 5.91 Å². The van der Waals surface area contributed by atoms with E-state index in [1.165, 1.54) is 11.8 Å². The predicted octanol–water partition coefficient (Wildman–Crippen LogP) is 0.360. The third kappa shape index (κ3) is 3.97. The highest BCUT2D eigenvalue weighted by Gasteiger charge is 2.22. The molecular weight excluding hydrogens is 250 g/mol. The number of carbonyl (C=O) groups is 1. The van der Waals surface area contributed by atoms with Crippen LogP contribution in [0.1, 0.15) is 0 Å². The van der Waals surface area contributed by atoms with Gasteiger partial charge in [0.1, 0.15) is 5.25 Å². The molecule has 1 amide bonds. The number of rotatable bonds is 5. The van der Waals surface area contributed by atoms with E-state index in [-0.39, 0.29) is 11.2 Å². The quantitative estimate of drug-likeness (QED) is 0.780. The Hall–Kier alpha value is -1.11. The number of pyridine rings is 1. The van der Waals surface area contributed by atoms with Crippen LogP contribution in [0.2, 0.25) is 0 Å². The summed E-state index contributed by atoms with van der Waals surface area (Å²) < 4.78 is 5.28. The van der Waals surface area contributed by atoms with E-state index in [0.717, 1.165) is 31.3 Å². The summed E-state index contributed by atoms with van der Waals surface area (Å²) in [7, 11) is 0. The van der Waals surface area contributed by atoms with Crippen molar-refractivity contribution < 1.29 is 9.53 Å². The Morgan fingerprint density at radius 2 is 2.28 bits per heavy atom. The molecule has 1 aromatic heterocycles. The maximum atomic E-state index is 11.5. The van der Waals surface area contributed by atoms with Crippen LogP contribution in [0.25, 0.3) is 0 Å². The van der Waals surface area contributed by atoms with Gasteiger partial charge in [-0.1, -0.05) is 17.8 Å². The van der Waals surface area contributed by atoms with Crippen molar-refractivity contribution in [3.05, 3.63) is 24.4 Å². The van der Waals surface area contributed by atoms with Crippen molar-refractivity contribution in [1.29, 1.82) is 0 Å². The zero-order valence-electron chi connectivity index (χ0n) is 10.1. The fraction of sp³-hybridized carbons (Fsp3) is 0.500. The van der Waals surface area contributed by atoms with E-state index >= 15 is 0 Å². The lowest BCUT2D eigenvalue weighted by Gasteiger charge is -2.28. The van der Waals surface area contributed by atoms with Crippen molar-refractivity contribution in [2.75, 3.05) is 32.8 Å². The molecule has 98 valence electrons. The van der Waals surface area contributed by atoms with Gasteiger partial charge in [-0.2, -0.15) is 0 Å². The second kappa shape index (κ2) is 6.72. The molecule has 1 aromatic rings. The van der Waals surface area contributed by atoms with Gasteiger partial charge in [0.05, 0.1) is 18.2 Å². The van der Waals surface area contributed by atoms with E-state index < -0.39 is 0 Å². The number of hydrogen-bond donors (Lipinski definition) is 1. The van der Waals surface area contributed by atoms with Gasteiger partial charge in [0.25, 0.3) is 0 Å². The van der Waals surface area contributed by atoms with E-state index in [1.54, 1.807) is 6.20 Å². The minimum atomic E-state index is -0.294. The normalized spacial score (nSPS) is 18.4. The first kappa shape index (κ1) is 13.3. The van der Waals surface area contributed by atoms with E-state index in [2.05, 4.69) is 9.88 Å². The zero-order chi connectivity index (χ0) is 12.8. The molecule has 0 bridgehead atoms. The smallest absolute Gasteiger partial charge is 0.232 e. The summed E-state index contributed by atoms with van der Waals surface area (Å²) in [5.74, 6) is -0.294. The van der Waals surface area contributed by atoms with Crippen LogP contribution in [-0.2, 0) is 9.53 Å². The van der Waals surface area contributed by atoms with Crippen LogP contribution < -0.4 is 5.73 Å². The Kier molecular flexibility index (Phi) is 4.98. The molecule has 2 N–H and O–H groups in total. The number of hydrogen-bond acceptors (Lipinski definition) is 5. The summed E-state index contributed by atoms with van der Waals surface area (Å²) in [5, 5.41) is 0.563. The molecule has 0 aromatic carbocycles. The van der Waals surface area contributed by atoms with Gasteiger partial charge in [-0.05, 0) is 12.1 Å². The average molecular weight is 267 g/mol. The van der Waals surface area contributed by atoms with E-state index in [4.69, 9.17) is 10.5 Å². The molecule has 1 aliphatic rings. The van der Waals surface area contributed by atoms with Gasteiger partial charge in [0.15, 0.2) is 0 Å². The van der Waals surface area contributed by atoms with E-state index in [1.807, 2.05) is 18.2 Å². The number of aromatic nitrogens is 1. The van der Waals surface area contributed by atoms with Crippen LogP contribution in [0, 0.1) is 0 Å². The minimum absolute atomic E-state index is 0.266. The molecule has 18 heavy (non-hydrogen) atoms. The first-order chi connectivity index (χ1) is 8.75. The molecule has 6 heteroatoms. The highest BCUT2D eigenvalue weighted by molar-refractivity contribution is 8.00. The van der Waals surface area contributed by atoms with Crippen LogP contribution in [0.3, 0.4) is 0 Å². The summed E-state index contributed by atoms with van der Waals surface area (Å²) in [6.45, 7) is 3.80. The maximum absolute atomic E-state index is 11.5. The van der Waals surface area contributed by atoms with Gasteiger partial charge in [-0.3, -0.25) is 9.69 Å². The minimum Gasteiger partial charge on any atom is -0.379 e. The Labute approximate surface area is 111 Å². The Balaban J connectivity index is 1.93. The number of nitrogens with two attached hydrogens (primary N) is 1. The third-order valence-electron chi connectivity index (χ3n) is 2.75. The highest BCUT2D eigenvalue weighted by Crippen LogP contribution is 2.21. The average Bonchev–Trinajstić information content (AvgIpc) is 2.40. The molecule has 1 saturated heterocycles. The molecule has 2 heterocycles. The predicted molar refractivity (Wildman–Crippen MR) is 70.3 cm³/mol. The van der Waals surface area contributed by atoms with Crippen molar-refractivity contribution in [3.63, 3.8) is 0 Å². The van der Waals surface area contributed by atoms with Crippen molar-refractivity contribution >= 4 is 17.7 Å². The van der Waals surface area contributed by atoms with Crippen LogP contribution in [0.4, 0.5) is 0 Å². The molecule has 5 nitrogen and oxygen atoms in total. The third-order valence-corrected chi connectivity index (χ3v) is 3.89. The Morgan fingerprint density at radius 3 is 2.89 bits per heavy atom. The molecule has 0 spiro atoms. The summed E-state index contributed by atoms with van der Waals surface area (Å²) in [6, 6.07) is 5.65. The van der Waals surface area contributed by atoms with Gasteiger partial charge in [0, 0.05) is 25.8 Å². The van der Waals surface area contributed by atoms with Gasteiger partial charge in [-0.25, -0.2) is 4.98 Å². The van der Waals surface area contributed by atoms with Gasteiger partial charge in [-0.15, -0.1) is 0 Å². The maximum Gasteiger partial charge on any atom is 0.232 e. The van der Waals surface area contributed by atoms with Crippen LogP contribution in [-0.4, -0.2) is 53.9 Å². The number of ether oxygens (including phenoxy) is 1. The number of thioether (sulfide) groups is 1. The number of morpholine rings is 1. The molecule has 2 rings (SSSR count). The van der Waals surface area contributed by atoms with E-state index in [9.17, 15) is 4.79 Å². The summed E-state index contributed by atoms with van der Waals surface area (Å²) in [5.41, 5.74) is 5.46. The molecule has 0 saturated carbocycles. The number of primary amides is 1. The fourth-order valence-corrected chi connectivity index (χ4v) is 2.74. The topological polar surface area (TPSA) is 68.5 Å². The standard InChI is InChI=1S/C12H17N3O2S/c13-12(16)10(9-15-5-7-17-8-6-15)18-11-3-1-2-4-14-11/h1-4,10H,5-9H2,(H2,13,16). The molecule has 0 radical (unpaired) electrons. The second-order valence-corrected chi connectivity index (χ2v) is 5.31. The summed E-state index contributed by atoms with van der Waals surface area (Å²) in [6.07, 6.45) is 1.72. The van der Waals surface area contributed by atoms with Gasteiger partial charge >= 0.3 is 0 Å². The van der Waals surface area contributed by atoms with Gasteiger partial charge < -0.3 is 10.5 Å². The monoisotopic (exact) mass is 267 g/mol. The lowest BCUT2D eigenvalue weighted by molar-refractivity contribution is -0.118. The molecule has 1 fully saturated rings. The van der Waals surface area contributed by atoms with Crippen molar-refractivity contribution in [1.82, 2.24) is 9.88 Å². The molecule has 1 unspecified atom stereocenters. The fourth-order valence-electron chi connectivity index (χ4n) is 1.77. The van der Waals surface area contributed by atoms with Crippen molar-refractivity contribution in [2.24, 2.45) is 5.73 Å². The highest BCUT2D eigenvalue weighted by atomic mass is 32.2. The zero-order valence-corrected chi connectivity index (χ0v) is 10.9. The molecular formula is C12H17N3O2S. The summed E-state index contributed by atoms with van der Waals surface area (Å²) in [4.78, 5) is 17.9. The molecule has 0 aliphatic carbocycles. The number of carbonyl (C=O) groups excluding carboxylic acids is 1. The van der Waals surface area contributed by atoms with Crippen LogP contribution >= 0.6 is 11.8 Å². The Morgan fingerprint density at radius 1 is 1.50 bits per heavy atom. The van der Waals surface area contributed by atoms with Crippen LogP contribution in [0.15, 0.2) is 29.4 Å². The van der Waals surface area contributed by atoms with E-state index in [0.29, 0.717) is 6.54 Å². The summed E-state index contributed by atoms with van der Waals surface area (Å²) >= 11 is 1.42.